The van der Waals surface area contributed by atoms with Gasteiger partial charge in [-0.2, -0.15) is 0 Å². The van der Waals surface area contributed by atoms with Crippen LogP contribution >= 0.6 is 0 Å². The van der Waals surface area contributed by atoms with E-state index in [1.807, 2.05) is 45.0 Å². The van der Waals surface area contributed by atoms with Crippen LogP contribution in [0, 0.1) is 20.8 Å². The molecule has 5 nitrogen and oxygen atoms in total. The van der Waals surface area contributed by atoms with Gasteiger partial charge in [0.05, 0.1) is 16.6 Å². The number of carbonyl (C=O) groups is 1. The molecule has 0 aliphatic heterocycles. The van der Waals surface area contributed by atoms with Gasteiger partial charge < -0.3 is 5.32 Å². The average Bonchev–Trinajstić information content (AvgIpc) is 2.70. The molecule has 0 saturated carbocycles. The predicted octanol–water partition coefficient (Wildman–Crippen LogP) is 4.90. The smallest absolute Gasteiger partial charge is 0.261 e. The van der Waals surface area contributed by atoms with Crippen molar-refractivity contribution in [3.63, 3.8) is 0 Å². The molecule has 3 aromatic carbocycles. The maximum atomic E-state index is 12.7. The van der Waals surface area contributed by atoms with Crippen LogP contribution in [0.4, 0.5) is 5.69 Å². The summed E-state index contributed by atoms with van der Waals surface area (Å²) in [5.74, 6) is -0.265. The fourth-order valence-corrected chi connectivity index (χ4v) is 4.13. The van der Waals surface area contributed by atoms with Crippen LogP contribution in [0.25, 0.3) is 0 Å². The number of hydrogen-bond acceptors (Lipinski definition) is 3. The molecule has 0 aromatic heterocycles. The van der Waals surface area contributed by atoms with Gasteiger partial charge in [0.2, 0.25) is 0 Å². The molecule has 0 radical (unpaired) electrons. The highest BCUT2D eigenvalue weighted by Gasteiger charge is 2.17. The second kappa shape index (κ2) is 8.71. The van der Waals surface area contributed by atoms with Crippen molar-refractivity contribution in [1.82, 2.24) is 5.32 Å². The average molecular weight is 423 g/mol. The zero-order valence-electron chi connectivity index (χ0n) is 17.6. The minimum atomic E-state index is -3.75. The number of benzene rings is 3. The summed E-state index contributed by atoms with van der Waals surface area (Å²) in [6.07, 6.45) is 0. The highest BCUT2D eigenvalue weighted by atomic mass is 32.2. The molecule has 6 heteroatoms. The summed E-state index contributed by atoms with van der Waals surface area (Å²) >= 11 is 0. The minimum Gasteiger partial charge on any atom is -0.346 e. The van der Waals surface area contributed by atoms with Crippen LogP contribution < -0.4 is 10.0 Å². The highest BCUT2D eigenvalue weighted by molar-refractivity contribution is 7.92. The van der Waals surface area contributed by atoms with Crippen molar-refractivity contribution in [2.45, 2.75) is 38.6 Å². The molecule has 3 rings (SSSR count). The van der Waals surface area contributed by atoms with Crippen LogP contribution in [0.15, 0.2) is 71.6 Å². The lowest BCUT2D eigenvalue weighted by molar-refractivity contribution is 0.0940. The third kappa shape index (κ3) is 5.07. The Morgan fingerprint density at radius 3 is 2.00 bits per heavy atom. The molecule has 0 aliphatic carbocycles. The largest absolute Gasteiger partial charge is 0.346 e. The van der Waals surface area contributed by atoms with E-state index < -0.39 is 10.0 Å². The van der Waals surface area contributed by atoms with Gasteiger partial charge in [-0.25, -0.2) is 8.42 Å². The molecule has 0 spiro atoms. The first-order valence-corrected chi connectivity index (χ1v) is 11.2. The molecule has 2 N–H and O–H groups in total. The van der Waals surface area contributed by atoms with Crippen LogP contribution in [0.5, 0.6) is 0 Å². The van der Waals surface area contributed by atoms with Gasteiger partial charge in [0, 0.05) is 5.56 Å². The highest BCUT2D eigenvalue weighted by Crippen LogP contribution is 2.22. The van der Waals surface area contributed by atoms with Gasteiger partial charge in [0.15, 0.2) is 0 Å². The zero-order chi connectivity index (χ0) is 21.9. The van der Waals surface area contributed by atoms with Gasteiger partial charge in [-0.05, 0) is 63.1 Å². The monoisotopic (exact) mass is 422 g/mol. The molecule has 1 amide bonds. The normalized spacial score (nSPS) is 12.3. The Balaban J connectivity index is 1.79. The van der Waals surface area contributed by atoms with Gasteiger partial charge >= 0.3 is 0 Å². The number of nitrogens with one attached hydrogen (secondary N) is 2. The fourth-order valence-electron chi connectivity index (χ4n) is 3.01. The Bertz CT molecular complexity index is 1150. The lowest BCUT2D eigenvalue weighted by atomic mass is 10.1. The van der Waals surface area contributed by atoms with Gasteiger partial charge in [-0.3, -0.25) is 9.52 Å². The lowest BCUT2D eigenvalue weighted by Gasteiger charge is -2.16. The van der Waals surface area contributed by atoms with Crippen LogP contribution in [-0.4, -0.2) is 14.3 Å². The number of hydrogen-bond donors (Lipinski definition) is 2. The predicted molar refractivity (Wildman–Crippen MR) is 120 cm³/mol. The van der Waals surface area contributed by atoms with Crippen molar-refractivity contribution in [1.29, 1.82) is 0 Å². The number of amides is 1. The van der Waals surface area contributed by atoms with Crippen molar-refractivity contribution in [2.24, 2.45) is 0 Å². The Morgan fingerprint density at radius 2 is 1.40 bits per heavy atom. The molecule has 0 heterocycles. The van der Waals surface area contributed by atoms with E-state index in [0.29, 0.717) is 11.3 Å². The molecule has 0 saturated heterocycles. The summed E-state index contributed by atoms with van der Waals surface area (Å²) in [5.41, 5.74) is 4.63. The molecular formula is C24H26N2O3S. The second-order valence-electron chi connectivity index (χ2n) is 7.55. The topological polar surface area (TPSA) is 75.3 Å². The Morgan fingerprint density at radius 1 is 0.833 bits per heavy atom. The zero-order valence-corrected chi connectivity index (χ0v) is 18.4. The lowest BCUT2D eigenvalue weighted by Crippen LogP contribution is -2.26. The van der Waals surface area contributed by atoms with Crippen molar-refractivity contribution in [3.05, 3.63) is 94.5 Å². The molecule has 0 unspecified atom stereocenters. The second-order valence-corrected chi connectivity index (χ2v) is 9.24. The number of anilines is 1. The molecular weight excluding hydrogens is 396 g/mol. The Kier molecular flexibility index (Phi) is 6.27. The van der Waals surface area contributed by atoms with Crippen LogP contribution in [0.1, 0.15) is 45.6 Å². The molecule has 0 bridgehead atoms. The summed E-state index contributed by atoms with van der Waals surface area (Å²) < 4.78 is 28.1. The van der Waals surface area contributed by atoms with E-state index in [1.165, 1.54) is 0 Å². The first-order valence-electron chi connectivity index (χ1n) is 9.73. The van der Waals surface area contributed by atoms with Crippen LogP contribution in [-0.2, 0) is 10.0 Å². The molecule has 30 heavy (non-hydrogen) atoms. The van der Waals surface area contributed by atoms with Gasteiger partial charge in [0.25, 0.3) is 15.9 Å². The van der Waals surface area contributed by atoms with E-state index in [0.717, 1.165) is 22.3 Å². The maximum absolute atomic E-state index is 12.7. The summed E-state index contributed by atoms with van der Waals surface area (Å²) in [7, 11) is -3.75. The van der Waals surface area contributed by atoms with E-state index >= 15 is 0 Å². The molecule has 156 valence electrons. The van der Waals surface area contributed by atoms with E-state index in [1.54, 1.807) is 49.4 Å². The van der Waals surface area contributed by atoms with E-state index in [4.69, 9.17) is 0 Å². The van der Waals surface area contributed by atoms with Gasteiger partial charge in [-0.1, -0.05) is 53.6 Å². The van der Waals surface area contributed by atoms with Crippen molar-refractivity contribution < 1.29 is 13.2 Å². The standard InChI is InChI=1S/C24H26N2O3S/c1-16-5-10-20(11-6-16)19(4)25-24(27)21-12-9-18(3)23(15-21)26-30(28,29)22-13-7-17(2)8-14-22/h5-15,19,26H,1-4H3,(H,25,27)/t19-/m1/s1. The summed E-state index contributed by atoms with van der Waals surface area (Å²) in [6.45, 7) is 7.62. The SMILES string of the molecule is Cc1ccc([C@@H](C)NC(=O)c2ccc(C)c(NS(=O)(=O)c3ccc(C)cc3)c2)cc1. The minimum absolute atomic E-state index is 0.174. The third-order valence-corrected chi connectivity index (χ3v) is 6.38. The maximum Gasteiger partial charge on any atom is 0.261 e. The van der Waals surface area contributed by atoms with Crippen molar-refractivity contribution >= 4 is 21.6 Å². The van der Waals surface area contributed by atoms with E-state index in [-0.39, 0.29) is 16.8 Å². The summed E-state index contributed by atoms with van der Waals surface area (Å²) in [5, 5.41) is 2.96. The third-order valence-electron chi connectivity index (χ3n) is 5.00. The first-order chi connectivity index (χ1) is 14.2. The van der Waals surface area contributed by atoms with E-state index in [9.17, 15) is 13.2 Å². The number of carbonyl (C=O) groups excluding carboxylic acids is 1. The molecule has 3 aromatic rings. The quantitative estimate of drug-likeness (QED) is 0.593. The van der Waals surface area contributed by atoms with E-state index in [2.05, 4.69) is 10.0 Å². The number of sulfonamides is 1. The number of rotatable bonds is 6. The Hall–Kier alpha value is -3.12. The van der Waals surface area contributed by atoms with Crippen LogP contribution in [0.3, 0.4) is 0 Å². The Labute approximate surface area is 178 Å². The summed E-state index contributed by atoms with van der Waals surface area (Å²) in [6, 6.07) is 19.4. The molecule has 0 aliphatic rings. The van der Waals surface area contributed by atoms with Gasteiger partial charge in [0.1, 0.15) is 0 Å². The number of aryl methyl sites for hydroxylation is 3. The first kappa shape index (κ1) is 21.6. The van der Waals surface area contributed by atoms with Crippen molar-refractivity contribution in [2.75, 3.05) is 4.72 Å². The fraction of sp³-hybridized carbons (Fsp3) is 0.208. The molecule has 1 atom stereocenters. The van der Waals surface area contributed by atoms with Gasteiger partial charge in [-0.15, -0.1) is 0 Å². The molecule has 0 fully saturated rings. The summed E-state index contributed by atoms with van der Waals surface area (Å²) in [4.78, 5) is 12.9. The van der Waals surface area contributed by atoms with Crippen molar-refractivity contribution in [3.8, 4) is 0 Å². The van der Waals surface area contributed by atoms with Crippen LogP contribution in [0.2, 0.25) is 0 Å².